The number of carbonyl (C=O) groups excluding carboxylic acids is 1. The number of halogens is 2. The molecule has 0 bridgehead atoms. The third-order valence-corrected chi connectivity index (χ3v) is 5.08. The van der Waals surface area contributed by atoms with Gasteiger partial charge in [-0.2, -0.15) is 11.8 Å². The van der Waals surface area contributed by atoms with Crippen LogP contribution in [0.4, 0.5) is 4.39 Å². The van der Waals surface area contributed by atoms with Crippen molar-refractivity contribution < 1.29 is 13.9 Å². The van der Waals surface area contributed by atoms with Crippen LogP contribution in [0.5, 0.6) is 0 Å². The Balaban J connectivity index is 1.85. The van der Waals surface area contributed by atoms with Crippen molar-refractivity contribution in [3.63, 3.8) is 0 Å². The number of hydrogen-bond donors (Lipinski definition) is 0. The van der Waals surface area contributed by atoms with Crippen LogP contribution in [0.1, 0.15) is 24.8 Å². The van der Waals surface area contributed by atoms with E-state index in [-0.39, 0.29) is 17.2 Å². The van der Waals surface area contributed by atoms with E-state index in [4.69, 9.17) is 16.3 Å². The molecule has 0 unspecified atom stereocenters. The maximum atomic E-state index is 13.6. The van der Waals surface area contributed by atoms with Crippen LogP contribution in [0.15, 0.2) is 18.2 Å². The lowest BCUT2D eigenvalue weighted by Gasteiger charge is -2.13. The lowest BCUT2D eigenvalue weighted by Crippen LogP contribution is -2.13. The van der Waals surface area contributed by atoms with Crippen molar-refractivity contribution in [1.29, 1.82) is 0 Å². The highest BCUT2D eigenvalue weighted by molar-refractivity contribution is 7.98. The van der Waals surface area contributed by atoms with E-state index in [1.165, 1.54) is 13.2 Å². The van der Waals surface area contributed by atoms with E-state index in [0.717, 1.165) is 18.6 Å². The second kappa shape index (κ2) is 6.14. The molecule has 1 aliphatic rings. The quantitative estimate of drug-likeness (QED) is 0.741. The number of esters is 1. The first-order chi connectivity index (χ1) is 9.06. The van der Waals surface area contributed by atoms with E-state index in [1.54, 1.807) is 23.9 Å². The molecule has 2 rings (SSSR count). The van der Waals surface area contributed by atoms with Crippen molar-refractivity contribution in [3.8, 4) is 0 Å². The third-order valence-electron chi connectivity index (χ3n) is 3.42. The summed E-state index contributed by atoms with van der Waals surface area (Å²) in [6, 6.07) is 4.72. The predicted octanol–water partition coefficient (Wildman–Crippen LogP) is 4.06. The van der Waals surface area contributed by atoms with Crippen molar-refractivity contribution in [3.05, 3.63) is 34.6 Å². The molecule has 0 N–H and O–H groups in total. The van der Waals surface area contributed by atoms with Crippen molar-refractivity contribution in [1.82, 2.24) is 0 Å². The van der Waals surface area contributed by atoms with Crippen LogP contribution in [0, 0.1) is 11.2 Å². The van der Waals surface area contributed by atoms with Gasteiger partial charge >= 0.3 is 5.97 Å². The second-order valence-corrected chi connectivity index (χ2v) is 6.34. The summed E-state index contributed by atoms with van der Waals surface area (Å²) in [5.74, 6) is 0.945. The maximum Gasteiger partial charge on any atom is 0.306 e. The van der Waals surface area contributed by atoms with Gasteiger partial charge in [0.2, 0.25) is 0 Å². The number of benzene rings is 1. The molecule has 0 heterocycles. The van der Waals surface area contributed by atoms with E-state index >= 15 is 0 Å². The summed E-state index contributed by atoms with van der Waals surface area (Å²) in [5, 5.41) is 0.463. The van der Waals surface area contributed by atoms with Gasteiger partial charge in [-0.25, -0.2) is 4.39 Å². The van der Waals surface area contributed by atoms with Gasteiger partial charge in [-0.15, -0.1) is 0 Å². The molecule has 19 heavy (non-hydrogen) atoms. The average Bonchev–Trinajstić information content (AvgIpc) is 3.13. The Labute approximate surface area is 121 Å². The Bertz CT molecular complexity index is 454. The minimum Gasteiger partial charge on any atom is -0.469 e. The first-order valence-electron chi connectivity index (χ1n) is 6.14. The predicted molar refractivity (Wildman–Crippen MR) is 75.9 cm³/mol. The highest BCUT2D eigenvalue weighted by Gasteiger charge is 2.44. The van der Waals surface area contributed by atoms with E-state index in [2.05, 4.69) is 0 Å². The van der Waals surface area contributed by atoms with Gasteiger partial charge in [0.1, 0.15) is 5.82 Å². The summed E-state index contributed by atoms with van der Waals surface area (Å²) in [6.07, 6.45) is 2.54. The van der Waals surface area contributed by atoms with Gasteiger partial charge < -0.3 is 4.74 Å². The molecule has 0 radical (unpaired) electrons. The molecule has 1 aliphatic carbocycles. The standard InChI is InChI=1S/C14H16ClFO2S/c1-18-13(17)7-14(5-6-14)9-19-8-10-11(15)3-2-4-12(10)16/h2-4H,5-9H2,1H3. The molecular formula is C14H16ClFO2S. The van der Waals surface area contributed by atoms with Gasteiger partial charge in [0, 0.05) is 16.3 Å². The number of hydrogen-bond acceptors (Lipinski definition) is 3. The van der Waals surface area contributed by atoms with Gasteiger partial charge in [0.05, 0.1) is 13.5 Å². The summed E-state index contributed by atoms with van der Waals surface area (Å²) in [4.78, 5) is 11.3. The van der Waals surface area contributed by atoms with Crippen LogP contribution in [-0.4, -0.2) is 18.8 Å². The van der Waals surface area contributed by atoms with Gasteiger partial charge in [0.15, 0.2) is 0 Å². The second-order valence-electron chi connectivity index (χ2n) is 4.95. The fraction of sp³-hybridized carbons (Fsp3) is 0.500. The van der Waals surface area contributed by atoms with Gasteiger partial charge in [-0.1, -0.05) is 17.7 Å². The third kappa shape index (κ3) is 3.86. The van der Waals surface area contributed by atoms with Crippen LogP contribution >= 0.6 is 23.4 Å². The molecule has 0 amide bonds. The minimum absolute atomic E-state index is 0.0650. The van der Waals surface area contributed by atoms with Crippen molar-refractivity contribution >= 4 is 29.3 Å². The zero-order chi connectivity index (χ0) is 13.9. The molecule has 0 aliphatic heterocycles. The molecule has 1 aromatic carbocycles. The van der Waals surface area contributed by atoms with Crippen molar-refractivity contribution in [2.24, 2.45) is 5.41 Å². The van der Waals surface area contributed by atoms with E-state index in [0.29, 0.717) is 22.8 Å². The van der Waals surface area contributed by atoms with E-state index < -0.39 is 0 Å². The molecule has 104 valence electrons. The summed E-state index contributed by atoms with van der Waals surface area (Å²) in [5.41, 5.74) is 0.609. The van der Waals surface area contributed by atoms with Crippen LogP contribution < -0.4 is 0 Å². The fourth-order valence-corrected chi connectivity index (χ4v) is 3.70. The summed E-state index contributed by atoms with van der Waals surface area (Å²) >= 11 is 7.60. The average molecular weight is 303 g/mol. The van der Waals surface area contributed by atoms with Crippen LogP contribution in [0.25, 0.3) is 0 Å². The number of ether oxygens (including phenoxy) is 1. The van der Waals surface area contributed by atoms with Crippen LogP contribution in [0.2, 0.25) is 5.02 Å². The monoisotopic (exact) mass is 302 g/mol. The first-order valence-corrected chi connectivity index (χ1v) is 7.67. The number of rotatable bonds is 6. The van der Waals surface area contributed by atoms with Gasteiger partial charge in [0.25, 0.3) is 0 Å². The largest absolute Gasteiger partial charge is 0.469 e. The van der Waals surface area contributed by atoms with Crippen LogP contribution in [0.3, 0.4) is 0 Å². The Morgan fingerprint density at radius 2 is 2.26 bits per heavy atom. The zero-order valence-corrected chi connectivity index (χ0v) is 12.3. The molecule has 1 saturated carbocycles. The highest BCUT2D eigenvalue weighted by Crippen LogP contribution is 2.51. The maximum absolute atomic E-state index is 13.6. The molecule has 5 heteroatoms. The van der Waals surface area contributed by atoms with Gasteiger partial charge in [-0.3, -0.25) is 4.79 Å². The van der Waals surface area contributed by atoms with E-state index in [1.807, 2.05) is 0 Å². The molecule has 0 atom stereocenters. The number of methoxy groups -OCH3 is 1. The topological polar surface area (TPSA) is 26.3 Å². The molecular weight excluding hydrogens is 287 g/mol. The minimum atomic E-state index is -0.266. The molecule has 2 nitrogen and oxygen atoms in total. The summed E-state index contributed by atoms with van der Waals surface area (Å²) in [6.45, 7) is 0. The Morgan fingerprint density at radius 1 is 1.53 bits per heavy atom. The first kappa shape index (κ1) is 14.7. The highest BCUT2D eigenvalue weighted by atomic mass is 35.5. The fourth-order valence-electron chi connectivity index (χ4n) is 1.97. The Hall–Kier alpha value is -0.740. The molecule has 0 spiro atoms. The van der Waals surface area contributed by atoms with Gasteiger partial charge in [-0.05, 0) is 36.1 Å². The van der Waals surface area contributed by atoms with Crippen molar-refractivity contribution in [2.75, 3.05) is 12.9 Å². The smallest absolute Gasteiger partial charge is 0.306 e. The number of thioether (sulfide) groups is 1. The van der Waals surface area contributed by atoms with Crippen molar-refractivity contribution in [2.45, 2.75) is 25.0 Å². The van der Waals surface area contributed by atoms with E-state index in [9.17, 15) is 9.18 Å². The summed E-state index contributed by atoms with van der Waals surface area (Å²) < 4.78 is 18.3. The zero-order valence-electron chi connectivity index (χ0n) is 10.7. The Kier molecular flexibility index (Phi) is 4.74. The summed E-state index contributed by atoms with van der Waals surface area (Å²) in [7, 11) is 1.41. The molecule has 0 saturated heterocycles. The molecule has 1 aromatic rings. The Morgan fingerprint density at radius 3 is 2.84 bits per heavy atom. The SMILES string of the molecule is COC(=O)CC1(CSCc2c(F)cccc2Cl)CC1. The molecule has 1 fully saturated rings. The van der Waals surface area contributed by atoms with Crippen LogP contribution in [-0.2, 0) is 15.3 Å². The lowest BCUT2D eigenvalue weighted by molar-refractivity contribution is -0.141. The normalized spacial score (nSPS) is 16.2. The molecule has 0 aromatic heterocycles. The number of carbonyl (C=O) groups is 1. The lowest BCUT2D eigenvalue weighted by atomic mass is 10.1.